The van der Waals surface area contributed by atoms with Gasteiger partial charge in [0.1, 0.15) is 0 Å². The maximum atomic E-state index is 12.5. The van der Waals surface area contributed by atoms with Gasteiger partial charge >= 0.3 is 5.97 Å². The van der Waals surface area contributed by atoms with Gasteiger partial charge in [-0.05, 0) is 62.1 Å². The van der Waals surface area contributed by atoms with Crippen LogP contribution in [0.2, 0.25) is 0 Å². The van der Waals surface area contributed by atoms with E-state index in [0.29, 0.717) is 12.1 Å². The molecule has 3 aromatic rings. The molecular formula is C25H29N3O3. The molecule has 1 aromatic heterocycles. The van der Waals surface area contributed by atoms with Gasteiger partial charge in [-0.3, -0.25) is 14.3 Å². The van der Waals surface area contributed by atoms with E-state index in [2.05, 4.69) is 17.3 Å². The number of hydrogen-bond acceptors (Lipinski definition) is 3. The van der Waals surface area contributed by atoms with Crippen molar-refractivity contribution in [2.75, 3.05) is 5.32 Å². The van der Waals surface area contributed by atoms with E-state index in [1.807, 2.05) is 67.1 Å². The maximum absolute atomic E-state index is 12.5. The normalized spacial score (nSPS) is 10.8. The van der Waals surface area contributed by atoms with Crippen molar-refractivity contribution in [2.24, 2.45) is 0 Å². The largest absolute Gasteiger partial charge is 0.481 e. The second-order valence-electron chi connectivity index (χ2n) is 7.83. The molecule has 0 atom stereocenters. The van der Waals surface area contributed by atoms with Crippen LogP contribution in [-0.4, -0.2) is 26.8 Å². The number of carbonyl (C=O) groups is 2. The van der Waals surface area contributed by atoms with E-state index in [0.717, 1.165) is 47.5 Å². The number of rotatable bonds is 9. The van der Waals surface area contributed by atoms with Crippen molar-refractivity contribution >= 4 is 17.6 Å². The molecule has 1 heterocycles. The first-order chi connectivity index (χ1) is 14.9. The number of carbonyl (C=O) groups excluding carboxylic acids is 1. The van der Waals surface area contributed by atoms with E-state index in [9.17, 15) is 9.59 Å². The lowest BCUT2D eigenvalue weighted by molar-refractivity contribution is -0.136. The van der Waals surface area contributed by atoms with Crippen LogP contribution in [0.3, 0.4) is 0 Å². The Morgan fingerprint density at radius 2 is 1.65 bits per heavy atom. The first kappa shape index (κ1) is 22.3. The Morgan fingerprint density at radius 1 is 1.00 bits per heavy atom. The lowest BCUT2D eigenvalue weighted by atomic mass is 10.1. The average Bonchev–Trinajstić information content (AvgIpc) is 3.01. The summed E-state index contributed by atoms with van der Waals surface area (Å²) in [6.07, 6.45) is 3.31. The van der Waals surface area contributed by atoms with E-state index in [4.69, 9.17) is 5.11 Å². The van der Waals surface area contributed by atoms with Crippen LogP contribution in [0.5, 0.6) is 0 Å². The smallest absolute Gasteiger partial charge is 0.307 e. The molecule has 2 N–H and O–H groups in total. The minimum absolute atomic E-state index is 0.0256. The summed E-state index contributed by atoms with van der Waals surface area (Å²) < 4.78 is 1.82. The molecular weight excluding hydrogens is 390 g/mol. The molecule has 1 amide bonds. The van der Waals surface area contributed by atoms with Crippen molar-refractivity contribution in [3.63, 3.8) is 0 Å². The molecule has 0 spiro atoms. The van der Waals surface area contributed by atoms with E-state index in [1.165, 1.54) is 5.56 Å². The molecule has 3 rings (SSSR count). The number of nitrogens with one attached hydrogen (secondary N) is 1. The summed E-state index contributed by atoms with van der Waals surface area (Å²) in [5.41, 5.74) is 5.99. The summed E-state index contributed by atoms with van der Waals surface area (Å²) in [6, 6.07) is 15.4. The zero-order chi connectivity index (χ0) is 22.4. The van der Waals surface area contributed by atoms with E-state index in [1.54, 1.807) is 0 Å². The highest BCUT2D eigenvalue weighted by molar-refractivity contribution is 6.04. The Morgan fingerprint density at radius 3 is 2.26 bits per heavy atom. The molecule has 162 valence electrons. The molecule has 31 heavy (non-hydrogen) atoms. The van der Waals surface area contributed by atoms with Crippen LogP contribution in [0, 0.1) is 13.8 Å². The second kappa shape index (κ2) is 10.1. The number of amides is 1. The number of anilines is 1. The number of aryl methyl sites for hydroxylation is 2. The molecule has 0 saturated heterocycles. The lowest BCUT2D eigenvalue weighted by Gasteiger charge is -2.09. The SMILES string of the molecule is CCCCc1ccc(C(=O)Nc2ccc(Cn3nc(C)c(CC(=O)O)c3C)cc2)cc1. The molecule has 0 bridgehead atoms. The van der Waals surface area contributed by atoms with Gasteiger partial charge in [-0.15, -0.1) is 0 Å². The van der Waals surface area contributed by atoms with Gasteiger partial charge in [0.05, 0.1) is 18.7 Å². The van der Waals surface area contributed by atoms with Gasteiger partial charge in [-0.25, -0.2) is 0 Å². The van der Waals surface area contributed by atoms with Crippen molar-refractivity contribution in [2.45, 2.75) is 53.0 Å². The number of carboxylic acids is 1. The number of carboxylic acid groups (broad SMARTS) is 1. The summed E-state index contributed by atoms with van der Waals surface area (Å²) in [5, 5.41) is 16.5. The Balaban J connectivity index is 1.63. The first-order valence-electron chi connectivity index (χ1n) is 10.6. The van der Waals surface area contributed by atoms with Gasteiger partial charge in [0.2, 0.25) is 0 Å². The molecule has 0 fully saturated rings. The summed E-state index contributed by atoms with van der Waals surface area (Å²) in [5.74, 6) is -0.993. The standard InChI is InChI=1S/C25H29N3O3/c1-4-5-6-19-7-11-21(12-8-19)25(31)26-22-13-9-20(10-14-22)16-28-18(3)23(15-24(29)30)17(2)27-28/h7-14H,4-6,15-16H2,1-3H3,(H,26,31)(H,29,30). The van der Waals surface area contributed by atoms with Gasteiger partial charge in [0.15, 0.2) is 0 Å². The Bertz CT molecular complexity index is 1050. The van der Waals surface area contributed by atoms with Crippen LogP contribution in [0.25, 0.3) is 0 Å². The third-order valence-corrected chi connectivity index (χ3v) is 5.44. The van der Waals surface area contributed by atoms with E-state index >= 15 is 0 Å². The molecule has 6 nitrogen and oxygen atoms in total. The van der Waals surface area contributed by atoms with Crippen molar-refractivity contribution in [3.8, 4) is 0 Å². The van der Waals surface area contributed by atoms with Crippen molar-refractivity contribution in [3.05, 3.63) is 82.2 Å². The fourth-order valence-electron chi connectivity index (χ4n) is 3.57. The minimum Gasteiger partial charge on any atom is -0.481 e. The van der Waals surface area contributed by atoms with Crippen LogP contribution >= 0.6 is 0 Å². The predicted molar refractivity (Wildman–Crippen MR) is 122 cm³/mol. The number of nitrogens with zero attached hydrogens (tertiary/aromatic N) is 2. The number of benzene rings is 2. The Labute approximate surface area is 182 Å². The quantitative estimate of drug-likeness (QED) is 0.523. The van der Waals surface area contributed by atoms with Crippen LogP contribution < -0.4 is 5.32 Å². The fourth-order valence-corrected chi connectivity index (χ4v) is 3.57. The maximum Gasteiger partial charge on any atom is 0.307 e. The molecule has 0 aliphatic rings. The fraction of sp³-hybridized carbons (Fsp3) is 0.320. The molecule has 0 unspecified atom stereocenters. The zero-order valence-corrected chi connectivity index (χ0v) is 18.3. The van der Waals surface area contributed by atoms with E-state index in [-0.39, 0.29) is 12.3 Å². The number of hydrogen-bond donors (Lipinski definition) is 2. The summed E-state index contributed by atoms with van der Waals surface area (Å²) >= 11 is 0. The summed E-state index contributed by atoms with van der Waals surface area (Å²) in [7, 11) is 0. The average molecular weight is 420 g/mol. The molecule has 0 aliphatic heterocycles. The van der Waals surface area contributed by atoms with Crippen LogP contribution in [0.1, 0.15) is 58.2 Å². The number of aromatic nitrogens is 2. The van der Waals surface area contributed by atoms with Gasteiger partial charge in [0.25, 0.3) is 5.91 Å². The van der Waals surface area contributed by atoms with Gasteiger partial charge in [0, 0.05) is 22.5 Å². The minimum atomic E-state index is -0.860. The monoisotopic (exact) mass is 419 g/mol. The van der Waals surface area contributed by atoms with Crippen LogP contribution in [0.15, 0.2) is 48.5 Å². The van der Waals surface area contributed by atoms with Crippen LogP contribution in [0.4, 0.5) is 5.69 Å². The van der Waals surface area contributed by atoms with Gasteiger partial charge in [-0.2, -0.15) is 5.10 Å². The molecule has 2 aromatic carbocycles. The lowest BCUT2D eigenvalue weighted by Crippen LogP contribution is -2.12. The number of unbranched alkanes of at least 4 members (excludes halogenated alkanes) is 1. The Kier molecular flexibility index (Phi) is 7.23. The Hall–Kier alpha value is -3.41. The summed E-state index contributed by atoms with van der Waals surface area (Å²) in [6.45, 7) is 6.43. The number of aliphatic carboxylic acids is 1. The van der Waals surface area contributed by atoms with Gasteiger partial charge < -0.3 is 10.4 Å². The highest BCUT2D eigenvalue weighted by Crippen LogP contribution is 2.17. The molecule has 0 aliphatic carbocycles. The zero-order valence-electron chi connectivity index (χ0n) is 18.3. The summed E-state index contributed by atoms with van der Waals surface area (Å²) in [4.78, 5) is 23.6. The third kappa shape index (κ3) is 5.81. The topological polar surface area (TPSA) is 84.2 Å². The third-order valence-electron chi connectivity index (χ3n) is 5.44. The van der Waals surface area contributed by atoms with Crippen molar-refractivity contribution in [1.29, 1.82) is 0 Å². The molecule has 6 heteroatoms. The van der Waals surface area contributed by atoms with Crippen molar-refractivity contribution < 1.29 is 14.7 Å². The second-order valence-corrected chi connectivity index (χ2v) is 7.83. The van der Waals surface area contributed by atoms with Gasteiger partial charge in [-0.1, -0.05) is 37.6 Å². The molecule has 0 saturated carbocycles. The highest BCUT2D eigenvalue weighted by atomic mass is 16.4. The molecule has 0 radical (unpaired) electrons. The predicted octanol–water partition coefficient (Wildman–Crippen LogP) is 4.77. The first-order valence-corrected chi connectivity index (χ1v) is 10.6. The van der Waals surface area contributed by atoms with Crippen LogP contribution in [-0.2, 0) is 24.2 Å². The highest BCUT2D eigenvalue weighted by Gasteiger charge is 2.14. The van der Waals surface area contributed by atoms with E-state index < -0.39 is 5.97 Å². The van der Waals surface area contributed by atoms with Crippen molar-refractivity contribution in [1.82, 2.24) is 9.78 Å².